The molecule has 1 heteroatoms. The van der Waals surface area contributed by atoms with Crippen LogP contribution >= 0.6 is 0 Å². The van der Waals surface area contributed by atoms with Gasteiger partial charge in [0.1, 0.15) is 0 Å². The average Bonchev–Trinajstić information content (AvgIpc) is 2.37. The lowest BCUT2D eigenvalue weighted by Gasteiger charge is -2.39. The summed E-state index contributed by atoms with van der Waals surface area (Å²) < 4.78 is 0. The second-order valence-corrected chi connectivity index (χ2v) is 6.94. The van der Waals surface area contributed by atoms with Gasteiger partial charge >= 0.3 is 0 Å². The van der Waals surface area contributed by atoms with Gasteiger partial charge in [-0.1, -0.05) is 57.0 Å². The van der Waals surface area contributed by atoms with E-state index in [1.54, 1.807) is 0 Å². The summed E-state index contributed by atoms with van der Waals surface area (Å²) in [5, 5.41) is 0. The summed E-state index contributed by atoms with van der Waals surface area (Å²) in [5.41, 5.74) is 8.19. The molecule has 19 heavy (non-hydrogen) atoms. The fourth-order valence-electron chi connectivity index (χ4n) is 3.65. The van der Waals surface area contributed by atoms with Crippen LogP contribution in [0.15, 0.2) is 30.3 Å². The van der Waals surface area contributed by atoms with Gasteiger partial charge in [0.15, 0.2) is 0 Å². The maximum Gasteiger partial charge on any atom is 0.0160 e. The maximum atomic E-state index is 6.67. The largest absolute Gasteiger partial charge is 0.325 e. The molecule has 0 aromatic heterocycles. The summed E-state index contributed by atoms with van der Waals surface area (Å²) in [6.45, 7) is 4.66. The Hall–Kier alpha value is -0.820. The van der Waals surface area contributed by atoms with Crippen LogP contribution in [0.1, 0.15) is 57.9 Å². The standard InChI is InChI=1S/C18H29N/c1-15(2)13-17-9-6-11-18(19,14-17)12-10-16-7-4-3-5-8-16/h3-5,7-8,15,17H,6,9-14,19H2,1-2H3. The van der Waals surface area contributed by atoms with Crippen molar-refractivity contribution in [1.29, 1.82) is 0 Å². The number of benzene rings is 1. The Bertz CT molecular complexity index is 371. The molecule has 2 unspecified atom stereocenters. The molecule has 1 fully saturated rings. The summed E-state index contributed by atoms with van der Waals surface area (Å²) in [5.74, 6) is 1.66. The molecular weight excluding hydrogens is 230 g/mol. The lowest BCUT2D eigenvalue weighted by atomic mass is 9.71. The van der Waals surface area contributed by atoms with Crippen molar-refractivity contribution < 1.29 is 0 Å². The molecule has 0 radical (unpaired) electrons. The van der Waals surface area contributed by atoms with Crippen LogP contribution in [-0.2, 0) is 6.42 Å². The van der Waals surface area contributed by atoms with Crippen molar-refractivity contribution in [1.82, 2.24) is 0 Å². The van der Waals surface area contributed by atoms with Gasteiger partial charge in [0.25, 0.3) is 0 Å². The van der Waals surface area contributed by atoms with E-state index >= 15 is 0 Å². The van der Waals surface area contributed by atoms with Gasteiger partial charge in [-0.15, -0.1) is 0 Å². The second-order valence-electron chi connectivity index (χ2n) is 6.94. The van der Waals surface area contributed by atoms with Crippen molar-refractivity contribution in [3.05, 3.63) is 35.9 Å². The SMILES string of the molecule is CC(C)CC1CCCC(N)(CCc2ccccc2)C1. The van der Waals surface area contributed by atoms with Gasteiger partial charge in [0, 0.05) is 5.54 Å². The molecule has 2 rings (SSSR count). The first kappa shape index (κ1) is 14.6. The number of hydrogen-bond acceptors (Lipinski definition) is 1. The molecule has 0 saturated heterocycles. The molecule has 0 aliphatic heterocycles. The van der Waals surface area contributed by atoms with E-state index in [1.165, 1.54) is 37.7 Å². The van der Waals surface area contributed by atoms with Crippen molar-refractivity contribution in [3.8, 4) is 0 Å². The molecule has 1 saturated carbocycles. The smallest absolute Gasteiger partial charge is 0.0160 e. The normalized spacial score (nSPS) is 27.7. The first-order chi connectivity index (χ1) is 9.07. The topological polar surface area (TPSA) is 26.0 Å². The van der Waals surface area contributed by atoms with E-state index in [1.807, 2.05) is 0 Å². The van der Waals surface area contributed by atoms with E-state index in [4.69, 9.17) is 5.73 Å². The summed E-state index contributed by atoms with van der Waals surface area (Å²) in [7, 11) is 0. The molecule has 0 amide bonds. The van der Waals surface area contributed by atoms with Crippen molar-refractivity contribution in [2.75, 3.05) is 0 Å². The van der Waals surface area contributed by atoms with E-state index in [0.29, 0.717) is 0 Å². The van der Waals surface area contributed by atoms with Crippen LogP contribution in [0.4, 0.5) is 0 Å². The van der Waals surface area contributed by atoms with Crippen LogP contribution in [0, 0.1) is 11.8 Å². The number of rotatable bonds is 5. The zero-order valence-corrected chi connectivity index (χ0v) is 12.6. The fraction of sp³-hybridized carbons (Fsp3) is 0.667. The van der Waals surface area contributed by atoms with E-state index in [9.17, 15) is 0 Å². The zero-order chi connectivity index (χ0) is 13.7. The van der Waals surface area contributed by atoms with Gasteiger partial charge in [0.2, 0.25) is 0 Å². The Morgan fingerprint density at radius 3 is 2.68 bits per heavy atom. The lowest BCUT2D eigenvalue weighted by Crippen LogP contribution is -2.44. The Morgan fingerprint density at radius 1 is 1.26 bits per heavy atom. The molecule has 2 atom stereocenters. The molecule has 0 bridgehead atoms. The Kier molecular flexibility index (Phi) is 5.04. The highest BCUT2D eigenvalue weighted by Crippen LogP contribution is 2.36. The van der Waals surface area contributed by atoms with Gasteiger partial charge in [0.05, 0.1) is 0 Å². The van der Waals surface area contributed by atoms with E-state index in [0.717, 1.165) is 24.7 Å². The summed E-state index contributed by atoms with van der Waals surface area (Å²) in [4.78, 5) is 0. The first-order valence-corrected chi connectivity index (χ1v) is 7.90. The third kappa shape index (κ3) is 4.65. The molecule has 106 valence electrons. The van der Waals surface area contributed by atoms with Crippen LogP contribution in [0.2, 0.25) is 0 Å². The third-order valence-electron chi connectivity index (χ3n) is 4.54. The Morgan fingerprint density at radius 2 is 2.00 bits per heavy atom. The third-order valence-corrected chi connectivity index (χ3v) is 4.54. The van der Waals surface area contributed by atoms with Gasteiger partial charge in [-0.2, -0.15) is 0 Å². The monoisotopic (exact) mass is 259 g/mol. The molecule has 1 aromatic rings. The van der Waals surface area contributed by atoms with Crippen LogP contribution in [0.25, 0.3) is 0 Å². The minimum Gasteiger partial charge on any atom is -0.325 e. The van der Waals surface area contributed by atoms with Crippen LogP contribution in [-0.4, -0.2) is 5.54 Å². The molecule has 1 aromatic carbocycles. The Balaban J connectivity index is 1.87. The molecule has 2 N–H and O–H groups in total. The van der Waals surface area contributed by atoms with Gasteiger partial charge in [-0.05, 0) is 49.5 Å². The zero-order valence-electron chi connectivity index (χ0n) is 12.6. The lowest BCUT2D eigenvalue weighted by molar-refractivity contribution is 0.192. The minimum atomic E-state index is 0.0909. The molecule has 0 heterocycles. The second kappa shape index (κ2) is 6.56. The highest BCUT2D eigenvalue weighted by atomic mass is 14.7. The van der Waals surface area contributed by atoms with E-state index in [-0.39, 0.29) is 5.54 Å². The number of aryl methyl sites for hydroxylation is 1. The van der Waals surface area contributed by atoms with Crippen LogP contribution in [0.3, 0.4) is 0 Å². The van der Waals surface area contributed by atoms with Gasteiger partial charge in [-0.3, -0.25) is 0 Å². The minimum absolute atomic E-state index is 0.0909. The van der Waals surface area contributed by atoms with E-state index in [2.05, 4.69) is 44.2 Å². The fourth-order valence-corrected chi connectivity index (χ4v) is 3.65. The first-order valence-electron chi connectivity index (χ1n) is 7.90. The summed E-state index contributed by atoms with van der Waals surface area (Å²) >= 11 is 0. The van der Waals surface area contributed by atoms with Crippen LogP contribution in [0.5, 0.6) is 0 Å². The summed E-state index contributed by atoms with van der Waals surface area (Å²) in [6.07, 6.45) is 8.79. The predicted molar refractivity (Wildman–Crippen MR) is 83.1 cm³/mol. The maximum absolute atomic E-state index is 6.67. The van der Waals surface area contributed by atoms with Crippen molar-refractivity contribution >= 4 is 0 Å². The molecule has 1 aliphatic carbocycles. The van der Waals surface area contributed by atoms with Crippen molar-refractivity contribution in [2.45, 2.75) is 64.3 Å². The van der Waals surface area contributed by atoms with Crippen molar-refractivity contribution in [3.63, 3.8) is 0 Å². The van der Waals surface area contributed by atoms with Gasteiger partial charge in [-0.25, -0.2) is 0 Å². The predicted octanol–water partition coefficient (Wildman–Crippen LogP) is 4.55. The molecule has 0 spiro atoms. The average molecular weight is 259 g/mol. The van der Waals surface area contributed by atoms with Crippen molar-refractivity contribution in [2.24, 2.45) is 17.6 Å². The highest BCUT2D eigenvalue weighted by Gasteiger charge is 2.32. The number of nitrogens with two attached hydrogens (primary N) is 1. The van der Waals surface area contributed by atoms with Gasteiger partial charge < -0.3 is 5.73 Å². The Labute approximate surface area is 118 Å². The summed E-state index contributed by atoms with van der Waals surface area (Å²) in [6, 6.07) is 10.8. The quantitative estimate of drug-likeness (QED) is 0.824. The highest BCUT2D eigenvalue weighted by molar-refractivity contribution is 5.15. The molecular formula is C18H29N. The number of hydrogen-bond donors (Lipinski definition) is 1. The van der Waals surface area contributed by atoms with E-state index < -0.39 is 0 Å². The van der Waals surface area contributed by atoms with Crippen LogP contribution < -0.4 is 5.73 Å². The molecule has 1 aliphatic rings. The molecule has 1 nitrogen and oxygen atoms in total.